The molecule has 0 spiro atoms. The molecule has 1 aliphatic rings. The van der Waals surface area contributed by atoms with E-state index in [1.807, 2.05) is 0 Å². The van der Waals surface area contributed by atoms with E-state index >= 15 is 0 Å². The zero-order valence-electron chi connectivity index (χ0n) is 16.6. The Hall–Kier alpha value is -2.57. The van der Waals surface area contributed by atoms with Crippen LogP contribution in [0, 0.1) is 17.6 Å². The number of benzene rings is 2. The van der Waals surface area contributed by atoms with Gasteiger partial charge in [0.05, 0.1) is 5.92 Å². The Kier molecular flexibility index (Phi) is 6.55. The van der Waals surface area contributed by atoms with Gasteiger partial charge in [0.2, 0.25) is 5.91 Å². The van der Waals surface area contributed by atoms with Gasteiger partial charge in [-0.25, -0.2) is 8.78 Å². The lowest BCUT2D eigenvalue weighted by molar-refractivity contribution is -0.126. The molecule has 1 amide bonds. The molecule has 156 valence electrons. The van der Waals surface area contributed by atoms with E-state index in [2.05, 4.69) is 52.0 Å². The van der Waals surface area contributed by atoms with Crippen molar-refractivity contribution in [2.45, 2.75) is 25.9 Å². The average Bonchev–Trinajstić information content (AvgIpc) is 3.30. The summed E-state index contributed by atoms with van der Waals surface area (Å²) in [6.45, 7) is 2.69. The van der Waals surface area contributed by atoms with Gasteiger partial charge in [-0.05, 0) is 65.7 Å². The molecule has 3 nitrogen and oxygen atoms in total. The van der Waals surface area contributed by atoms with Gasteiger partial charge in [-0.3, -0.25) is 9.69 Å². The van der Waals surface area contributed by atoms with Gasteiger partial charge in [-0.15, -0.1) is 11.3 Å². The molecular formula is C24H24F2N2OS. The van der Waals surface area contributed by atoms with Crippen LogP contribution in [-0.4, -0.2) is 23.9 Å². The number of halogens is 2. The van der Waals surface area contributed by atoms with Crippen LogP contribution in [0.1, 0.15) is 24.0 Å². The fourth-order valence-electron chi connectivity index (χ4n) is 3.92. The Balaban J connectivity index is 1.33. The Morgan fingerprint density at radius 1 is 1.07 bits per heavy atom. The lowest BCUT2D eigenvalue weighted by Gasteiger charge is -2.32. The van der Waals surface area contributed by atoms with Crippen molar-refractivity contribution in [1.82, 2.24) is 10.2 Å². The number of hydrogen-bond acceptors (Lipinski definition) is 3. The normalized spacial score (nSPS) is 17.1. The molecule has 0 aliphatic carbocycles. The maximum atomic E-state index is 13.3. The van der Waals surface area contributed by atoms with E-state index in [0.29, 0.717) is 12.1 Å². The number of nitrogens with one attached hydrogen (secondary N) is 1. The third kappa shape index (κ3) is 5.12. The molecule has 1 saturated heterocycles. The van der Waals surface area contributed by atoms with Crippen LogP contribution in [0.5, 0.6) is 0 Å². The summed E-state index contributed by atoms with van der Waals surface area (Å²) in [5.74, 6) is -1.90. The molecule has 1 N–H and O–H groups in total. The highest BCUT2D eigenvalue weighted by Crippen LogP contribution is 2.26. The van der Waals surface area contributed by atoms with Crippen LogP contribution in [0.3, 0.4) is 0 Å². The zero-order chi connectivity index (χ0) is 20.9. The summed E-state index contributed by atoms with van der Waals surface area (Å²) in [7, 11) is 0. The van der Waals surface area contributed by atoms with Crippen LogP contribution >= 0.6 is 11.3 Å². The second-order valence-corrected chi connectivity index (χ2v) is 8.67. The molecule has 2 heterocycles. The van der Waals surface area contributed by atoms with E-state index in [-0.39, 0.29) is 18.4 Å². The standard InChI is InChI=1S/C24H24F2N2OS/c25-21-9-8-17(13-22(21)26)14-27-24(29)20-6-2-10-28(16-20)15-18-4-1-5-19(12-18)23-7-3-11-30-23/h1,3-5,7-9,11-13,20H,2,6,10,14-16H2,(H,27,29). The number of amides is 1. The average molecular weight is 427 g/mol. The van der Waals surface area contributed by atoms with Crippen LogP contribution in [0.4, 0.5) is 8.78 Å². The van der Waals surface area contributed by atoms with Crippen LogP contribution < -0.4 is 5.32 Å². The van der Waals surface area contributed by atoms with Gasteiger partial charge in [0.15, 0.2) is 11.6 Å². The summed E-state index contributed by atoms with van der Waals surface area (Å²) < 4.78 is 26.4. The number of rotatable bonds is 6. The van der Waals surface area contributed by atoms with Crippen molar-refractivity contribution in [1.29, 1.82) is 0 Å². The molecule has 1 aliphatic heterocycles. The van der Waals surface area contributed by atoms with Crippen LogP contribution in [-0.2, 0) is 17.9 Å². The first-order chi connectivity index (χ1) is 14.6. The molecular weight excluding hydrogens is 402 g/mol. The first-order valence-electron chi connectivity index (χ1n) is 10.2. The third-order valence-electron chi connectivity index (χ3n) is 5.47. The van der Waals surface area contributed by atoms with E-state index in [0.717, 1.165) is 38.1 Å². The van der Waals surface area contributed by atoms with E-state index in [1.165, 1.54) is 22.1 Å². The second-order valence-electron chi connectivity index (χ2n) is 7.72. The Labute approximate surface area is 179 Å². The monoisotopic (exact) mass is 426 g/mol. The number of nitrogens with zero attached hydrogens (tertiary/aromatic N) is 1. The third-order valence-corrected chi connectivity index (χ3v) is 6.38. The highest BCUT2D eigenvalue weighted by Gasteiger charge is 2.25. The van der Waals surface area contributed by atoms with Crippen molar-refractivity contribution in [2.75, 3.05) is 13.1 Å². The van der Waals surface area contributed by atoms with Gasteiger partial charge in [0.1, 0.15) is 0 Å². The van der Waals surface area contributed by atoms with Gasteiger partial charge >= 0.3 is 0 Å². The Morgan fingerprint density at radius 3 is 2.77 bits per heavy atom. The molecule has 4 rings (SSSR count). The molecule has 1 fully saturated rings. The van der Waals surface area contributed by atoms with E-state index in [1.54, 1.807) is 11.3 Å². The minimum absolute atomic E-state index is 0.0308. The minimum Gasteiger partial charge on any atom is -0.352 e. The summed E-state index contributed by atoms with van der Waals surface area (Å²) in [6.07, 6.45) is 1.81. The number of carbonyl (C=O) groups excluding carboxylic acids is 1. The first kappa shape index (κ1) is 20.7. The molecule has 0 radical (unpaired) electrons. The Bertz CT molecular complexity index is 1010. The number of thiophene rings is 1. The quantitative estimate of drug-likeness (QED) is 0.586. The lowest BCUT2D eigenvalue weighted by atomic mass is 9.96. The fourth-order valence-corrected chi connectivity index (χ4v) is 4.64. The van der Waals surface area contributed by atoms with Gasteiger partial charge in [-0.2, -0.15) is 0 Å². The SMILES string of the molecule is O=C(NCc1ccc(F)c(F)c1)C1CCCN(Cc2cccc(-c3cccs3)c2)C1. The highest BCUT2D eigenvalue weighted by molar-refractivity contribution is 7.13. The smallest absolute Gasteiger partial charge is 0.224 e. The molecule has 3 aromatic rings. The number of carbonyl (C=O) groups is 1. The number of hydrogen-bond donors (Lipinski definition) is 1. The largest absolute Gasteiger partial charge is 0.352 e. The van der Waals surface area contributed by atoms with E-state index in [9.17, 15) is 13.6 Å². The van der Waals surface area contributed by atoms with Crippen molar-refractivity contribution in [3.8, 4) is 10.4 Å². The second kappa shape index (κ2) is 9.49. The summed E-state index contributed by atoms with van der Waals surface area (Å²) in [6, 6.07) is 16.4. The van der Waals surface area contributed by atoms with E-state index < -0.39 is 11.6 Å². The Morgan fingerprint density at radius 2 is 1.97 bits per heavy atom. The highest BCUT2D eigenvalue weighted by atomic mass is 32.1. The fraction of sp³-hybridized carbons (Fsp3) is 0.292. The molecule has 1 aromatic heterocycles. The molecule has 0 bridgehead atoms. The van der Waals surface area contributed by atoms with Gasteiger partial charge in [-0.1, -0.05) is 30.3 Å². The number of likely N-dealkylation sites (tertiary alicyclic amines) is 1. The van der Waals surface area contributed by atoms with Crippen LogP contribution in [0.15, 0.2) is 60.0 Å². The lowest BCUT2D eigenvalue weighted by Crippen LogP contribution is -2.42. The summed E-state index contributed by atoms with van der Waals surface area (Å²) in [5.41, 5.74) is 3.02. The van der Waals surface area contributed by atoms with Crippen LogP contribution in [0.2, 0.25) is 0 Å². The van der Waals surface area contributed by atoms with Crippen molar-refractivity contribution >= 4 is 17.2 Å². The molecule has 0 saturated carbocycles. The van der Waals surface area contributed by atoms with Crippen molar-refractivity contribution in [3.05, 3.63) is 82.7 Å². The summed E-state index contributed by atoms with van der Waals surface area (Å²) >= 11 is 1.73. The van der Waals surface area contributed by atoms with Gasteiger partial charge in [0, 0.05) is 24.5 Å². The molecule has 6 heteroatoms. The summed E-state index contributed by atoms with van der Waals surface area (Å²) in [4.78, 5) is 16.2. The van der Waals surface area contributed by atoms with E-state index in [4.69, 9.17) is 0 Å². The topological polar surface area (TPSA) is 32.3 Å². The van der Waals surface area contributed by atoms with Gasteiger partial charge in [0.25, 0.3) is 0 Å². The van der Waals surface area contributed by atoms with Crippen molar-refractivity contribution in [3.63, 3.8) is 0 Å². The maximum absolute atomic E-state index is 13.3. The molecule has 30 heavy (non-hydrogen) atoms. The first-order valence-corrected chi connectivity index (χ1v) is 11.0. The maximum Gasteiger partial charge on any atom is 0.224 e. The van der Waals surface area contributed by atoms with Gasteiger partial charge < -0.3 is 5.32 Å². The predicted octanol–water partition coefficient (Wildman–Crippen LogP) is 5.22. The molecule has 2 aromatic carbocycles. The predicted molar refractivity (Wildman–Crippen MR) is 116 cm³/mol. The summed E-state index contributed by atoms with van der Waals surface area (Å²) in [5, 5.41) is 4.95. The zero-order valence-corrected chi connectivity index (χ0v) is 17.4. The number of piperidine rings is 1. The van der Waals surface area contributed by atoms with Crippen molar-refractivity contribution < 1.29 is 13.6 Å². The molecule has 1 atom stereocenters. The molecule has 1 unspecified atom stereocenters. The minimum atomic E-state index is -0.893. The van der Waals surface area contributed by atoms with Crippen LogP contribution in [0.25, 0.3) is 10.4 Å². The van der Waals surface area contributed by atoms with Crippen molar-refractivity contribution in [2.24, 2.45) is 5.92 Å².